The zero-order valence-electron chi connectivity index (χ0n) is 16.1. The average molecular weight is 378 g/mol. The van der Waals surface area contributed by atoms with Crippen LogP contribution in [0.3, 0.4) is 0 Å². The molecule has 2 aromatic carbocycles. The van der Waals surface area contributed by atoms with E-state index in [1.807, 2.05) is 64.1 Å². The molecule has 146 valence electrons. The summed E-state index contributed by atoms with van der Waals surface area (Å²) in [5.41, 5.74) is 7.64. The molecule has 3 aromatic rings. The standard InChI is InChI=1S/C22H26N4O2/c1-16-11-17(12-23)13-25(16)22(27)14-26-20-10-6-5-9-19(20)24-21(26)15-28-18-7-3-2-4-8-18/h2-10,16-17H,11-15,23H2,1H3. The Bertz CT molecular complexity index is 954. The molecule has 28 heavy (non-hydrogen) atoms. The van der Waals surface area contributed by atoms with Gasteiger partial charge in [0.2, 0.25) is 5.91 Å². The van der Waals surface area contributed by atoms with Gasteiger partial charge in [0.05, 0.1) is 11.0 Å². The molecular weight excluding hydrogens is 352 g/mol. The summed E-state index contributed by atoms with van der Waals surface area (Å²) < 4.78 is 7.88. The predicted octanol–water partition coefficient (Wildman–Crippen LogP) is 2.81. The Balaban J connectivity index is 1.57. The number of benzene rings is 2. The minimum atomic E-state index is 0.104. The number of hydrogen-bond donors (Lipinski definition) is 1. The Morgan fingerprint density at radius 2 is 1.93 bits per heavy atom. The number of imidazole rings is 1. The van der Waals surface area contributed by atoms with Gasteiger partial charge >= 0.3 is 0 Å². The molecule has 2 atom stereocenters. The highest BCUT2D eigenvalue weighted by atomic mass is 16.5. The van der Waals surface area contributed by atoms with Crippen LogP contribution in [0.2, 0.25) is 0 Å². The summed E-state index contributed by atoms with van der Waals surface area (Å²) in [5.74, 6) is 2.03. The van der Waals surface area contributed by atoms with Crippen LogP contribution in [0.1, 0.15) is 19.2 Å². The van der Waals surface area contributed by atoms with Crippen molar-refractivity contribution < 1.29 is 9.53 Å². The average Bonchev–Trinajstić information content (AvgIpc) is 3.27. The maximum absolute atomic E-state index is 13.1. The monoisotopic (exact) mass is 378 g/mol. The van der Waals surface area contributed by atoms with Gasteiger partial charge in [0.25, 0.3) is 0 Å². The molecular formula is C22H26N4O2. The fourth-order valence-electron chi connectivity index (χ4n) is 3.96. The minimum absolute atomic E-state index is 0.104. The van der Waals surface area contributed by atoms with Gasteiger partial charge in [-0.05, 0) is 50.1 Å². The maximum atomic E-state index is 13.1. The molecule has 2 N–H and O–H groups in total. The van der Waals surface area contributed by atoms with E-state index in [9.17, 15) is 4.79 Å². The van der Waals surface area contributed by atoms with E-state index in [2.05, 4.69) is 6.92 Å². The highest BCUT2D eigenvalue weighted by Crippen LogP contribution is 2.24. The van der Waals surface area contributed by atoms with Crippen LogP contribution < -0.4 is 10.5 Å². The summed E-state index contributed by atoms with van der Waals surface area (Å²) in [6.07, 6.45) is 0.969. The lowest BCUT2D eigenvalue weighted by Crippen LogP contribution is -2.37. The Kier molecular flexibility index (Phi) is 5.30. The van der Waals surface area contributed by atoms with E-state index in [4.69, 9.17) is 15.5 Å². The highest BCUT2D eigenvalue weighted by molar-refractivity contribution is 5.81. The lowest BCUT2D eigenvalue weighted by molar-refractivity contribution is -0.132. The summed E-state index contributed by atoms with van der Waals surface area (Å²) in [7, 11) is 0. The number of aromatic nitrogens is 2. The number of ether oxygens (including phenoxy) is 1. The number of hydrogen-bond acceptors (Lipinski definition) is 4. The SMILES string of the molecule is CC1CC(CN)CN1C(=O)Cn1c(COc2ccccc2)nc2ccccc21. The van der Waals surface area contributed by atoms with E-state index in [0.29, 0.717) is 19.1 Å². The number of carbonyl (C=O) groups excluding carboxylic acids is 1. The molecule has 2 heterocycles. The van der Waals surface area contributed by atoms with Gasteiger partial charge in [-0.3, -0.25) is 4.79 Å². The Labute approximate surface area is 164 Å². The molecule has 2 unspecified atom stereocenters. The van der Waals surface area contributed by atoms with Crippen LogP contribution in [0.25, 0.3) is 11.0 Å². The van der Waals surface area contributed by atoms with E-state index in [1.165, 1.54) is 0 Å². The molecule has 1 aliphatic heterocycles. The van der Waals surface area contributed by atoms with Gasteiger partial charge in [-0.15, -0.1) is 0 Å². The van der Waals surface area contributed by atoms with Crippen molar-refractivity contribution in [2.75, 3.05) is 13.1 Å². The van der Waals surface area contributed by atoms with Gasteiger partial charge in [-0.1, -0.05) is 30.3 Å². The zero-order chi connectivity index (χ0) is 19.5. The van der Waals surface area contributed by atoms with Crippen molar-refractivity contribution in [3.05, 3.63) is 60.4 Å². The van der Waals surface area contributed by atoms with Crippen LogP contribution in [0.15, 0.2) is 54.6 Å². The Morgan fingerprint density at radius 1 is 1.18 bits per heavy atom. The third-order valence-corrected chi connectivity index (χ3v) is 5.45. The second kappa shape index (κ2) is 8.02. The van der Waals surface area contributed by atoms with E-state index < -0.39 is 0 Å². The van der Waals surface area contributed by atoms with Crippen molar-refractivity contribution in [3.63, 3.8) is 0 Å². The van der Waals surface area contributed by atoms with Gasteiger partial charge < -0.3 is 19.9 Å². The van der Waals surface area contributed by atoms with Gasteiger partial charge in [0.1, 0.15) is 24.7 Å². The van der Waals surface area contributed by atoms with Crippen molar-refractivity contribution in [1.29, 1.82) is 0 Å². The van der Waals surface area contributed by atoms with Gasteiger partial charge in [0, 0.05) is 12.6 Å². The largest absolute Gasteiger partial charge is 0.486 e. The Morgan fingerprint density at radius 3 is 2.68 bits per heavy atom. The lowest BCUT2D eigenvalue weighted by Gasteiger charge is -2.22. The smallest absolute Gasteiger partial charge is 0.242 e. The van der Waals surface area contributed by atoms with E-state index >= 15 is 0 Å². The van der Waals surface area contributed by atoms with Crippen LogP contribution in [0.4, 0.5) is 0 Å². The topological polar surface area (TPSA) is 73.4 Å². The van der Waals surface area contributed by atoms with Gasteiger partial charge in [-0.2, -0.15) is 0 Å². The van der Waals surface area contributed by atoms with Crippen LogP contribution in [0.5, 0.6) is 5.75 Å². The molecule has 6 heteroatoms. The van der Waals surface area contributed by atoms with Crippen molar-refractivity contribution in [2.24, 2.45) is 11.7 Å². The molecule has 1 aromatic heterocycles. The molecule has 0 spiro atoms. The van der Waals surface area contributed by atoms with Gasteiger partial charge in [-0.25, -0.2) is 4.98 Å². The molecule has 0 saturated carbocycles. The van der Waals surface area contributed by atoms with E-state index in [1.54, 1.807) is 0 Å². The molecule has 1 fully saturated rings. The number of nitrogens with two attached hydrogens (primary N) is 1. The first-order valence-electron chi connectivity index (χ1n) is 9.77. The first kappa shape index (κ1) is 18.5. The van der Waals surface area contributed by atoms with Crippen LogP contribution >= 0.6 is 0 Å². The van der Waals surface area contributed by atoms with Crippen LogP contribution in [-0.4, -0.2) is 39.5 Å². The molecule has 1 aliphatic rings. The number of fused-ring (bicyclic) bond motifs is 1. The normalized spacial score (nSPS) is 19.3. The number of para-hydroxylation sites is 3. The second-order valence-electron chi connectivity index (χ2n) is 7.44. The fraction of sp³-hybridized carbons (Fsp3) is 0.364. The number of amides is 1. The minimum Gasteiger partial charge on any atom is -0.486 e. The van der Waals surface area contributed by atoms with Crippen LogP contribution in [-0.2, 0) is 17.9 Å². The summed E-state index contributed by atoms with van der Waals surface area (Å²) in [5, 5.41) is 0. The quantitative estimate of drug-likeness (QED) is 0.716. The molecule has 1 saturated heterocycles. The van der Waals surface area contributed by atoms with E-state index in [-0.39, 0.29) is 18.5 Å². The molecule has 4 rings (SSSR count). The predicted molar refractivity (Wildman–Crippen MR) is 109 cm³/mol. The third-order valence-electron chi connectivity index (χ3n) is 5.45. The van der Waals surface area contributed by atoms with Crippen LogP contribution in [0, 0.1) is 5.92 Å². The molecule has 0 aliphatic carbocycles. The summed E-state index contributed by atoms with van der Waals surface area (Å²) in [4.78, 5) is 19.7. The number of likely N-dealkylation sites (tertiary alicyclic amines) is 1. The summed E-state index contributed by atoms with van der Waals surface area (Å²) in [6, 6.07) is 17.8. The number of nitrogens with zero attached hydrogens (tertiary/aromatic N) is 3. The van der Waals surface area contributed by atoms with E-state index in [0.717, 1.165) is 35.6 Å². The first-order valence-corrected chi connectivity index (χ1v) is 9.77. The van der Waals surface area contributed by atoms with Crippen molar-refractivity contribution >= 4 is 16.9 Å². The molecule has 1 amide bonds. The molecule has 6 nitrogen and oxygen atoms in total. The first-order chi connectivity index (χ1) is 13.7. The van der Waals surface area contributed by atoms with Crippen molar-refractivity contribution in [1.82, 2.24) is 14.5 Å². The third kappa shape index (κ3) is 3.73. The van der Waals surface area contributed by atoms with Crippen molar-refractivity contribution in [2.45, 2.75) is 32.5 Å². The molecule has 0 bridgehead atoms. The highest BCUT2D eigenvalue weighted by Gasteiger charge is 2.32. The zero-order valence-corrected chi connectivity index (χ0v) is 16.1. The molecule has 0 radical (unpaired) electrons. The second-order valence-corrected chi connectivity index (χ2v) is 7.44. The number of rotatable bonds is 6. The Hall–Kier alpha value is -2.86. The summed E-state index contributed by atoms with van der Waals surface area (Å²) >= 11 is 0. The number of carbonyl (C=O) groups is 1. The van der Waals surface area contributed by atoms with Gasteiger partial charge in [0.15, 0.2) is 0 Å². The summed E-state index contributed by atoms with van der Waals surface area (Å²) in [6.45, 7) is 4.03. The maximum Gasteiger partial charge on any atom is 0.242 e. The van der Waals surface area contributed by atoms with Crippen molar-refractivity contribution in [3.8, 4) is 5.75 Å². The lowest BCUT2D eigenvalue weighted by atomic mass is 10.1. The fourth-order valence-corrected chi connectivity index (χ4v) is 3.96.